The molecular formula is C19H27N3O3S. The van der Waals surface area contributed by atoms with E-state index in [2.05, 4.69) is 16.0 Å². The van der Waals surface area contributed by atoms with Crippen LogP contribution in [0.25, 0.3) is 0 Å². The molecule has 7 heteroatoms. The lowest BCUT2D eigenvalue weighted by atomic mass is 9.92. The van der Waals surface area contributed by atoms with Crippen LogP contribution in [0.4, 0.5) is 0 Å². The first kappa shape index (κ1) is 18.1. The zero-order valence-electron chi connectivity index (χ0n) is 15.4. The number of likely N-dealkylation sites (tertiary alicyclic amines) is 2. The predicted molar refractivity (Wildman–Crippen MR) is 101 cm³/mol. The van der Waals surface area contributed by atoms with E-state index in [9.17, 15) is 4.79 Å². The van der Waals surface area contributed by atoms with Gasteiger partial charge >= 0.3 is 0 Å². The molecule has 0 N–H and O–H groups in total. The van der Waals surface area contributed by atoms with Gasteiger partial charge in [0.25, 0.3) is 0 Å². The van der Waals surface area contributed by atoms with E-state index in [1.165, 1.54) is 0 Å². The third-order valence-electron chi connectivity index (χ3n) is 5.54. The fourth-order valence-electron chi connectivity index (χ4n) is 4.23. The van der Waals surface area contributed by atoms with Crippen LogP contribution in [0.15, 0.2) is 18.3 Å². The number of hydrogen-bond donors (Lipinski definition) is 0. The fourth-order valence-corrected chi connectivity index (χ4v) is 5.83. The van der Waals surface area contributed by atoms with E-state index in [1.54, 1.807) is 13.3 Å². The molecule has 1 amide bonds. The summed E-state index contributed by atoms with van der Waals surface area (Å²) in [5.41, 5.74) is 1.14. The van der Waals surface area contributed by atoms with Crippen molar-refractivity contribution >= 4 is 17.7 Å². The van der Waals surface area contributed by atoms with Crippen LogP contribution in [0.2, 0.25) is 0 Å². The summed E-state index contributed by atoms with van der Waals surface area (Å²) in [6.07, 6.45) is 5.28. The predicted octanol–water partition coefficient (Wildman–Crippen LogP) is 1.79. The minimum absolute atomic E-state index is 0.160. The summed E-state index contributed by atoms with van der Waals surface area (Å²) in [7, 11) is 1.67. The molecule has 3 fully saturated rings. The van der Waals surface area contributed by atoms with Gasteiger partial charge in [-0.15, -0.1) is 11.8 Å². The number of nitrogens with zero attached hydrogens (tertiary/aromatic N) is 3. The third-order valence-corrected chi connectivity index (χ3v) is 7.11. The van der Waals surface area contributed by atoms with E-state index < -0.39 is 0 Å². The van der Waals surface area contributed by atoms with Crippen molar-refractivity contribution in [2.24, 2.45) is 0 Å². The summed E-state index contributed by atoms with van der Waals surface area (Å²) in [6, 6.07) is 4.04. The van der Waals surface area contributed by atoms with Crippen LogP contribution in [0.5, 0.6) is 5.88 Å². The number of carbonyl (C=O) groups excluding carboxylic acids is 1. The van der Waals surface area contributed by atoms with Gasteiger partial charge in [0.1, 0.15) is 6.61 Å². The molecule has 4 rings (SSSR count). The molecule has 3 aliphatic heterocycles. The zero-order valence-corrected chi connectivity index (χ0v) is 16.2. The van der Waals surface area contributed by atoms with Crippen molar-refractivity contribution in [3.63, 3.8) is 0 Å². The lowest BCUT2D eigenvalue weighted by molar-refractivity contribution is -0.136. The molecule has 3 aliphatic rings. The normalized spacial score (nSPS) is 24.8. The SMILES string of the molecule is COc1ncccc1CN1CC2(CC(OCC(=O)N3CCCC3)CS2)C1. The Kier molecular flexibility index (Phi) is 5.38. The average Bonchev–Trinajstić information content (AvgIpc) is 3.30. The first-order valence-corrected chi connectivity index (χ1v) is 10.4. The van der Waals surface area contributed by atoms with Crippen LogP contribution in [0, 0.1) is 0 Å². The van der Waals surface area contributed by atoms with Crippen LogP contribution in [-0.2, 0) is 16.1 Å². The van der Waals surface area contributed by atoms with Gasteiger partial charge in [0.2, 0.25) is 11.8 Å². The van der Waals surface area contributed by atoms with Crippen LogP contribution < -0.4 is 4.74 Å². The van der Waals surface area contributed by atoms with Crippen molar-refractivity contribution in [1.29, 1.82) is 0 Å². The molecule has 1 spiro atoms. The summed E-state index contributed by atoms with van der Waals surface area (Å²) in [6.45, 7) is 5.05. The number of thioether (sulfide) groups is 1. The number of carbonyl (C=O) groups is 1. The van der Waals surface area contributed by atoms with Crippen LogP contribution in [0.3, 0.4) is 0 Å². The first-order chi connectivity index (χ1) is 12.7. The molecule has 1 aromatic heterocycles. The molecule has 26 heavy (non-hydrogen) atoms. The monoisotopic (exact) mass is 377 g/mol. The van der Waals surface area contributed by atoms with E-state index in [1.807, 2.05) is 22.7 Å². The van der Waals surface area contributed by atoms with Crippen molar-refractivity contribution in [2.75, 3.05) is 45.6 Å². The Hall–Kier alpha value is -1.31. The highest BCUT2D eigenvalue weighted by molar-refractivity contribution is 8.01. The van der Waals surface area contributed by atoms with Gasteiger partial charge in [0.05, 0.1) is 13.2 Å². The molecule has 142 valence electrons. The standard InChI is InChI=1S/C19H27N3O3S/c1-24-18-15(5-4-6-20-18)10-21-13-19(14-21)9-16(12-26-19)25-11-17(23)22-7-2-3-8-22/h4-6,16H,2-3,7-14H2,1H3. The first-order valence-electron chi connectivity index (χ1n) is 9.41. The second-order valence-corrected chi connectivity index (χ2v) is 9.02. The van der Waals surface area contributed by atoms with Gasteiger partial charge in [-0.3, -0.25) is 9.69 Å². The maximum absolute atomic E-state index is 12.1. The summed E-state index contributed by atoms with van der Waals surface area (Å²) in [5, 5.41) is 0. The smallest absolute Gasteiger partial charge is 0.248 e. The maximum atomic E-state index is 12.1. The molecular weight excluding hydrogens is 350 g/mol. The lowest BCUT2D eigenvalue weighted by Gasteiger charge is -2.47. The van der Waals surface area contributed by atoms with Crippen LogP contribution in [-0.4, -0.2) is 77.2 Å². The van der Waals surface area contributed by atoms with Gasteiger partial charge < -0.3 is 14.4 Å². The molecule has 3 saturated heterocycles. The number of methoxy groups -OCH3 is 1. The van der Waals surface area contributed by atoms with Gasteiger partial charge in [-0.2, -0.15) is 0 Å². The molecule has 0 saturated carbocycles. The largest absolute Gasteiger partial charge is 0.481 e. The molecule has 4 heterocycles. The number of ether oxygens (including phenoxy) is 2. The number of rotatable bonds is 6. The molecule has 0 radical (unpaired) electrons. The topological polar surface area (TPSA) is 54.9 Å². The number of hydrogen-bond acceptors (Lipinski definition) is 6. The van der Waals surface area contributed by atoms with E-state index in [0.29, 0.717) is 10.6 Å². The molecule has 0 aliphatic carbocycles. The highest BCUT2D eigenvalue weighted by Crippen LogP contribution is 2.46. The summed E-state index contributed by atoms with van der Waals surface area (Å²) >= 11 is 2.01. The Morgan fingerprint density at radius 2 is 2.19 bits per heavy atom. The Balaban J connectivity index is 1.22. The second-order valence-electron chi connectivity index (χ2n) is 7.54. The van der Waals surface area contributed by atoms with Crippen molar-refractivity contribution < 1.29 is 14.3 Å². The summed E-state index contributed by atoms with van der Waals surface area (Å²) < 4.78 is 11.6. The van der Waals surface area contributed by atoms with Crippen molar-refractivity contribution in [3.05, 3.63) is 23.9 Å². The Morgan fingerprint density at radius 1 is 1.38 bits per heavy atom. The summed E-state index contributed by atoms with van der Waals surface area (Å²) in [5.74, 6) is 1.87. The van der Waals surface area contributed by atoms with E-state index in [4.69, 9.17) is 9.47 Å². The fraction of sp³-hybridized carbons (Fsp3) is 0.684. The van der Waals surface area contributed by atoms with E-state index in [-0.39, 0.29) is 18.6 Å². The highest BCUT2D eigenvalue weighted by Gasteiger charge is 2.49. The number of amides is 1. The Labute approximate surface area is 159 Å². The van der Waals surface area contributed by atoms with Crippen molar-refractivity contribution in [3.8, 4) is 5.88 Å². The average molecular weight is 378 g/mol. The Bertz CT molecular complexity index is 645. The minimum Gasteiger partial charge on any atom is -0.481 e. The quantitative estimate of drug-likeness (QED) is 0.753. The second kappa shape index (κ2) is 7.74. The number of pyridine rings is 1. The van der Waals surface area contributed by atoms with Crippen LogP contribution in [0.1, 0.15) is 24.8 Å². The Morgan fingerprint density at radius 3 is 2.96 bits per heavy atom. The van der Waals surface area contributed by atoms with Crippen molar-refractivity contribution in [2.45, 2.75) is 36.7 Å². The molecule has 1 atom stereocenters. The minimum atomic E-state index is 0.160. The molecule has 0 bridgehead atoms. The van der Waals surface area contributed by atoms with Gasteiger partial charge in [0.15, 0.2) is 0 Å². The van der Waals surface area contributed by atoms with Crippen LogP contribution >= 0.6 is 11.8 Å². The lowest BCUT2D eigenvalue weighted by Crippen LogP contribution is -2.58. The third kappa shape index (κ3) is 3.85. The molecule has 6 nitrogen and oxygen atoms in total. The molecule has 1 unspecified atom stereocenters. The van der Waals surface area contributed by atoms with Gasteiger partial charge in [-0.25, -0.2) is 4.98 Å². The van der Waals surface area contributed by atoms with Crippen molar-refractivity contribution in [1.82, 2.24) is 14.8 Å². The number of aromatic nitrogens is 1. The highest BCUT2D eigenvalue weighted by atomic mass is 32.2. The van der Waals surface area contributed by atoms with E-state index >= 15 is 0 Å². The van der Waals surface area contributed by atoms with Gasteiger partial charge in [-0.1, -0.05) is 6.07 Å². The zero-order chi connectivity index (χ0) is 18.0. The van der Waals surface area contributed by atoms with Gasteiger partial charge in [0, 0.05) is 55.0 Å². The maximum Gasteiger partial charge on any atom is 0.248 e. The van der Waals surface area contributed by atoms with Gasteiger partial charge in [-0.05, 0) is 25.3 Å². The summed E-state index contributed by atoms with van der Waals surface area (Å²) in [4.78, 5) is 20.8. The molecule has 1 aromatic rings. The molecule has 0 aromatic carbocycles. The van der Waals surface area contributed by atoms with E-state index in [0.717, 1.165) is 63.3 Å².